The predicted molar refractivity (Wildman–Crippen MR) is 74.2 cm³/mol. The van der Waals surface area contributed by atoms with Gasteiger partial charge in [0.1, 0.15) is 10.4 Å². The average Bonchev–Trinajstić information content (AvgIpc) is 2.39. The summed E-state index contributed by atoms with van der Waals surface area (Å²) in [5, 5.41) is 2.74. The van der Waals surface area contributed by atoms with Crippen LogP contribution in [-0.2, 0) is 0 Å². The van der Waals surface area contributed by atoms with E-state index in [1.54, 1.807) is 37.3 Å². The van der Waals surface area contributed by atoms with Crippen molar-refractivity contribution in [2.45, 2.75) is 13.0 Å². The molecule has 2 rings (SSSR count). The van der Waals surface area contributed by atoms with Gasteiger partial charge in [-0.3, -0.25) is 4.79 Å². The highest BCUT2D eigenvalue weighted by molar-refractivity contribution is 9.10. The van der Waals surface area contributed by atoms with E-state index in [-0.39, 0.29) is 11.7 Å². The average molecular weight is 323 g/mol. The van der Waals surface area contributed by atoms with E-state index in [4.69, 9.17) is 0 Å². The summed E-state index contributed by atoms with van der Waals surface area (Å²) in [5.74, 6) is -0.611. The van der Waals surface area contributed by atoms with E-state index in [1.807, 2.05) is 0 Å². The first-order valence-electron chi connectivity index (χ1n) is 5.75. The van der Waals surface area contributed by atoms with Crippen LogP contribution in [0.5, 0.6) is 0 Å². The van der Waals surface area contributed by atoms with Crippen molar-refractivity contribution in [1.82, 2.24) is 10.3 Å². The van der Waals surface area contributed by atoms with Gasteiger partial charge in [0.15, 0.2) is 0 Å². The number of nitrogens with one attached hydrogen (secondary N) is 1. The van der Waals surface area contributed by atoms with Crippen LogP contribution >= 0.6 is 15.9 Å². The molecule has 1 atom stereocenters. The third kappa shape index (κ3) is 3.38. The third-order valence-corrected chi connectivity index (χ3v) is 3.18. The zero-order valence-electron chi connectivity index (χ0n) is 10.2. The van der Waals surface area contributed by atoms with Gasteiger partial charge in [-0.25, -0.2) is 9.37 Å². The molecule has 5 heteroatoms. The zero-order chi connectivity index (χ0) is 13.8. The van der Waals surface area contributed by atoms with E-state index in [1.165, 1.54) is 12.3 Å². The Morgan fingerprint density at radius 3 is 2.68 bits per heavy atom. The van der Waals surface area contributed by atoms with Crippen molar-refractivity contribution in [2.24, 2.45) is 0 Å². The Kier molecular flexibility index (Phi) is 4.27. The fraction of sp³-hybridized carbons (Fsp3) is 0.143. The van der Waals surface area contributed by atoms with Gasteiger partial charge >= 0.3 is 0 Å². The lowest BCUT2D eigenvalue weighted by Gasteiger charge is -2.14. The molecule has 0 aliphatic carbocycles. The van der Waals surface area contributed by atoms with Gasteiger partial charge in [0, 0.05) is 11.8 Å². The molecule has 98 valence electrons. The summed E-state index contributed by atoms with van der Waals surface area (Å²) in [6.07, 6.45) is 1.47. The van der Waals surface area contributed by atoms with Crippen molar-refractivity contribution in [1.29, 1.82) is 0 Å². The SMILES string of the molecule is CC(NC(=O)c1ccc(Br)nc1)c1ccccc1F. The summed E-state index contributed by atoms with van der Waals surface area (Å²) in [7, 11) is 0. The van der Waals surface area contributed by atoms with Gasteiger partial charge in [0.2, 0.25) is 0 Å². The van der Waals surface area contributed by atoms with Gasteiger partial charge in [-0.15, -0.1) is 0 Å². The number of halogens is 2. The smallest absolute Gasteiger partial charge is 0.253 e. The third-order valence-electron chi connectivity index (χ3n) is 2.71. The molecule has 0 fully saturated rings. The van der Waals surface area contributed by atoms with Crippen LogP contribution in [0.25, 0.3) is 0 Å². The first kappa shape index (κ1) is 13.7. The second-order valence-corrected chi connectivity index (χ2v) is 4.90. The summed E-state index contributed by atoms with van der Waals surface area (Å²) in [6.45, 7) is 1.74. The lowest BCUT2D eigenvalue weighted by atomic mass is 10.1. The quantitative estimate of drug-likeness (QED) is 0.879. The highest BCUT2D eigenvalue weighted by Crippen LogP contribution is 2.16. The molecule has 1 aromatic carbocycles. The van der Waals surface area contributed by atoms with Crippen molar-refractivity contribution in [2.75, 3.05) is 0 Å². The Bertz CT molecular complexity index is 586. The first-order chi connectivity index (χ1) is 9.08. The van der Waals surface area contributed by atoms with Crippen molar-refractivity contribution >= 4 is 21.8 Å². The van der Waals surface area contributed by atoms with Crippen LogP contribution in [-0.4, -0.2) is 10.9 Å². The summed E-state index contributed by atoms with van der Waals surface area (Å²) in [4.78, 5) is 15.9. The maximum atomic E-state index is 13.6. The molecule has 19 heavy (non-hydrogen) atoms. The van der Waals surface area contributed by atoms with Crippen LogP contribution in [0, 0.1) is 5.82 Å². The van der Waals surface area contributed by atoms with Crippen LogP contribution in [0.3, 0.4) is 0 Å². The Labute approximate surface area is 119 Å². The van der Waals surface area contributed by atoms with E-state index >= 15 is 0 Å². The summed E-state index contributed by atoms with van der Waals surface area (Å²) in [5.41, 5.74) is 0.896. The summed E-state index contributed by atoms with van der Waals surface area (Å²) in [6, 6.07) is 9.31. The van der Waals surface area contributed by atoms with Crippen LogP contribution in [0.4, 0.5) is 4.39 Å². The second-order valence-electron chi connectivity index (χ2n) is 4.09. The number of pyridine rings is 1. The van der Waals surface area contributed by atoms with E-state index in [0.717, 1.165) is 0 Å². The molecule has 1 aromatic heterocycles. The molecule has 0 bridgehead atoms. The lowest BCUT2D eigenvalue weighted by molar-refractivity contribution is 0.0939. The topological polar surface area (TPSA) is 42.0 Å². The Balaban J connectivity index is 2.11. The Morgan fingerprint density at radius 2 is 2.05 bits per heavy atom. The molecule has 0 radical (unpaired) electrons. The number of carbonyl (C=O) groups excluding carboxylic acids is 1. The van der Waals surface area contributed by atoms with E-state index < -0.39 is 6.04 Å². The number of amides is 1. The highest BCUT2D eigenvalue weighted by atomic mass is 79.9. The number of benzene rings is 1. The van der Waals surface area contributed by atoms with Crippen molar-refractivity contribution in [3.63, 3.8) is 0 Å². The highest BCUT2D eigenvalue weighted by Gasteiger charge is 2.14. The molecular formula is C14H12BrFN2O. The second kappa shape index (κ2) is 5.93. The van der Waals surface area contributed by atoms with Gasteiger partial charge in [-0.2, -0.15) is 0 Å². The minimum Gasteiger partial charge on any atom is -0.345 e. The Hall–Kier alpha value is -1.75. The maximum Gasteiger partial charge on any atom is 0.253 e. The minimum absolute atomic E-state index is 0.282. The van der Waals surface area contributed by atoms with Gasteiger partial charge in [0.05, 0.1) is 11.6 Å². The fourth-order valence-electron chi connectivity index (χ4n) is 1.69. The monoisotopic (exact) mass is 322 g/mol. The molecule has 0 aliphatic rings. The molecule has 3 nitrogen and oxygen atoms in total. The zero-order valence-corrected chi connectivity index (χ0v) is 11.8. The number of hydrogen-bond donors (Lipinski definition) is 1. The molecular weight excluding hydrogens is 311 g/mol. The normalized spacial score (nSPS) is 11.9. The van der Waals surface area contributed by atoms with Crippen LogP contribution in [0.15, 0.2) is 47.2 Å². The van der Waals surface area contributed by atoms with Gasteiger partial charge in [-0.1, -0.05) is 18.2 Å². The first-order valence-corrected chi connectivity index (χ1v) is 6.54. The summed E-state index contributed by atoms with van der Waals surface area (Å²) >= 11 is 3.20. The number of hydrogen-bond acceptors (Lipinski definition) is 2. The van der Waals surface area contributed by atoms with Crippen LogP contribution < -0.4 is 5.32 Å². The largest absolute Gasteiger partial charge is 0.345 e. The van der Waals surface area contributed by atoms with Gasteiger partial charge in [0.25, 0.3) is 5.91 Å². The van der Waals surface area contributed by atoms with Crippen molar-refractivity contribution < 1.29 is 9.18 Å². The lowest BCUT2D eigenvalue weighted by Crippen LogP contribution is -2.27. The molecule has 1 amide bonds. The van der Waals surface area contributed by atoms with Crippen molar-refractivity contribution in [3.05, 3.63) is 64.1 Å². The number of rotatable bonds is 3. The molecule has 0 spiro atoms. The number of carbonyl (C=O) groups is 1. The molecule has 0 saturated heterocycles. The van der Waals surface area contributed by atoms with E-state index in [2.05, 4.69) is 26.2 Å². The van der Waals surface area contributed by atoms with Gasteiger partial charge in [-0.05, 0) is 41.1 Å². The molecule has 1 unspecified atom stereocenters. The van der Waals surface area contributed by atoms with Crippen LogP contribution in [0.2, 0.25) is 0 Å². The van der Waals surface area contributed by atoms with E-state index in [0.29, 0.717) is 15.7 Å². The van der Waals surface area contributed by atoms with Crippen molar-refractivity contribution in [3.8, 4) is 0 Å². The Morgan fingerprint density at radius 1 is 1.32 bits per heavy atom. The van der Waals surface area contributed by atoms with E-state index in [9.17, 15) is 9.18 Å². The maximum absolute atomic E-state index is 13.6. The van der Waals surface area contributed by atoms with Gasteiger partial charge < -0.3 is 5.32 Å². The minimum atomic E-state index is -0.405. The standard InChI is InChI=1S/C14H12BrFN2O/c1-9(11-4-2-3-5-12(11)16)18-14(19)10-6-7-13(15)17-8-10/h2-9H,1H3,(H,18,19). The molecule has 0 saturated carbocycles. The molecule has 1 N–H and O–H groups in total. The summed E-state index contributed by atoms with van der Waals surface area (Å²) < 4.78 is 14.2. The van der Waals surface area contributed by atoms with Crippen LogP contribution in [0.1, 0.15) is 28.9 Å². The predicted octanol–water partition coefficient (Wildman–Crippen LogP) is 3.47. The molecule has 2 aromatic rings. The number of nitrogens with zero attached hydrogens (tertiary/aromatic N) is 1. The molecule has 0 aliphatic heterocycles. The number of aromatic nitrogens is 1. The fourth-order valence-corrected chi connectivity index (χ4v) is 1.93. The molecule has 1 heterocycles.